The zero-order valence-electron chi connectivity index (χ0n) is 11.1. The summed E-state index contributed by atoms with van der Waals surface area (Å²) in [6.45, 7) is 1.90. The van der Waals surface area contributed by atoms with Crippen molar-refractivity contribution in [3.8, 4) is 0 Å². The second-order valence-corrected chi connectivity index (χ2v) is 4.91. The molecule has 0 aromatic heterocycles. The Morgan fingerprint density at radius 2 is 2.25 bits per heavy atom. The fourth-order valence-corrected chi connectivity index (χ4v) is 3.14. The predicted molar refractivity (Wildman–Crippen MR) is 71.0 cm³/mol. The van der Waals surface area contributed by atoms with Gasteiger partial charge in [0.15, 0.2) is 0 Å². The third kappa shape index (κ3) is 1.62. The van der Waals surface area contributed by atoms with E-state index in [1.165, 1.54) is 0 Å². The van der Waals surface area contributed by atoms with Gasteiger partial charge in [0.1, 0.15) is 0 Å². The highest BCUT2D eigenvalue weighted by Crippen LogP contribution is 2.49. The molecule has 2 atom stereocenters. The number of nitrogens with zero attached hydrogens (tertiary/aromatic N) is 1. The molecule has 1 N–H and O–H groups in total. The van der Waals surface area contributed by atoms with E-state index in [1.54, 1.807) is 6.92 Å². The summed E-state index contributed by atoms with van der Waals surface area (Å²) in [5.74, 6) is -0.648. The van der Waals surface area contributed by atoms with Crippen LogP contribution in [-0.4, -0.2) is 28.6 Å². The van der Waals surface area contributed by atoms with E-state index in [9.17, 15) is 14.7 Å². The van der Waals surface area contributed by atoms with E-state index in [4.69, 9.17) is 4.74 Å². The lowest BCUT2D eigenvalue weighted by atomic mass is 9.97. The number of carbonyl (C=O) groups is 2. The molecule has 3 rings (SSSR count). The number of fused-ring (bicyclic) bond motifs is 3. The number of aliphatic hydroxyl groups is 1. The van der Waals surface area contributed by atoms with Gasteiger partial charge in [0.05, 0.1) is 24.5 Å². The van der Waals surface area contributed by atoms with Crippen LogP contribution in [0.1, 0.15) is 24.1 Å². The van der Waals surface area contributed by atoms with Crippen LogP contribution in [-0.2, 0) is 16.0 Å². The van der Waals surface area contributed by atoms with Crippen molar-refractivity contribution in [1.29, 1.82) is 0 Å². The number of ether oxygens (including phenoxy) is 1. The Balaban J connectivity index is 2.07. The minimum atomic E-state index is -0.652. The first-order chi connectivity index (χ1) is 9.69. The molecule has 0 bridgehead atoms. The molecule has 1 aromatic carbocycles. The minimum Gasteiger partial charge on any atom is -0.515 e. The molecule has 2 unspecified atom stereocenters. The van der Waals surface area contributed by atoms with E-state index in [1.807, 2.05) is 24.3 Å². The number of rotatable bonds is 1. The summed E-state index contributed by atoms with van der Waals surface area (Å²) in [7, 11) is 0. The summed E-state index contributed by atoms with van der Waals surface area (Å²) in [6, 6.07) is 7.35. The molecule has 2 aliphatic rings. The minimum absolute atomic E-state index is 0.186. The van der Waals surface area contributed by atoms with Gasteiger partial charge in [-0.05, 0) is 24.5 Å². The summed E-state index contributed by atoms with van der Waals surface area (Å²) in [6.07, 6.45) is 0.820. The van der Waals surface area contributed by atoms with Gasteiger partial charge in [-0.3, -0.25) is 4.79 Å². The Morgan fingerprint density at radius 3 is 2.95 bits per heavy atom. The lowest BCUT2D eigenvalue weighted by Crippen LogP contribution is -2.35. The molecule has 0 spiro atoms. The van der Waals surface area contributed by atoms with Gasteiger partial charge in [0, 0.05) is 5.92 Å². The highest BCUT2D eigenvalue weighted by molar-refractivity contribution is 6.06. The first kappa shape index (κ1) is 12.7. The lowest BCUT2D eigenvalue weighted by molar-refractivity contribution is -0.124. The number of aliphatic hydroxyl groups excluding tert-OH is 1. The molecule has 5 nitrogen and oxygen atoms in total. The highest BCUT2D eigenvalue weighted by Gasteiger charge is 2.52. The van der Waals surface area contributed by atoms with E-state index in [0.717, 1.165) is 22.3 Å². The Kier molecular flexibility index (Phi) is 2.97. The molecular formula is C15H15NO4. The van der Waals surface area contributed by atoms with Gasteiger partial charge in [-0.15, -0.1) is 0 Å². The smallest absolute Gasteiger partial charge is 0.417 e. The van der Waals surface area contributed by atoms with Crippen LogP contribution in [0.4, 0.5) is 4.79 Å². The number of hydrogen-bond donors (Lipinski definition) is 1. The highest BCUT2D eigenvalue weighted by atomic mass is 16.6. The number of hydrogen-bond acceptors (Lipinski definition) is 4. The maximum atomic E-state index is 12.3. The van der Waals surface area contributed by atoms with Gasteiger partial charge in [-0.2, -0.15) is 0 Å². The molecule has 2 amide bonds. The zero-order valence-corrected chi connectivity index (χ0v) is 11.1. The van der Waals surface area contributed by atoms with Crippen molar-refractivity contribution in [2.24, 2.45) is 5.92 Å². The first-order valence-corrected chi connectivity index (χ1v) is 6.61. The summed E-state index contributed by atoms with van der Waals surface area (Å²) in [5, 5.41) is 9.33. The van der Waals surface area contributed by atoms with Gasteiger partial charge in [-0.25, -0.2) is 9.69 Å². The standard InChI is InChI=1S/C15H15NO4/c1-2-20-15(19)16-13-10-6-4-3-5-9(10)7-11(13)12(8-17)14(16)18/h3-6,8,11,13,17H,2,7H2,1H3/b12-8-. The topological polar surface area (TPSA) is 66.8 Å². The molecule has 0 radical (unpaired) electrons. The lowest BCUT2D eigenvalue weighted by Gasteiger charge is -2.21. The average molecular weight is 273 g/mol. The summed E-state index contributed by atoms with van der Waals surface area (Å²) < 4.78 is 4.97. The number of imide groups is 1. The van der Waals surface area contributed by atoms with E-state index in [0.29, 0.717) is 6.42 Å². The Morgan fingerprint density at radius 1 is 1.50 bits per heavy atom. The van der Waals surface area contributed by atoms with E-state index in [-0.39, 0.29) is 24.1 Å². The van der Waals surface area contributed by atoms with Gasteiger partial charge < -0.3 is 9.84 Å². The predicted octanol–water partition coefficient (Wildman–Crippen LogP) is 2.34. The maximum absolute atomic E-state index is 12.3. The molecule has 5 heteroatoms. The second-order valence-electron chi connectivity index (χ2n) is 4.91. The van der Waals surface area contributed by atoms with Crippen molar-refractivity contribution < 1.29 is 19.4 Å². The van der Waals surface area contributed by atoms with E-state index >= 15 is 0 Å². The van der Waals surface area contributed by atoms with Crippen molar-refractivity contribution in [1.82, 2.24) is 4.90 Å². The Labute approximate surface area is 116 Å². The molecule has 0 saturated carbocycles. The van der Waals surface area contributed by atoms with Crippen LogP contribution in [0.2, 0.25) is 0 Å². The van der Waals surface area contributed by atoms with Crippen molar-refractivity contribution in [2.45, 2.75) is 19.4 Å². The molecule has 104 valence electrons. The molecule has 1 heterocycles. The monoisotopic (exact) mass is 273 g/mol. The van der Waals surface area contributed by atoms with Crippen molar-refractivity contribution in [2.75, 3.05) is 6.61 Å². The number of likely N-dealkylation sites (tertiary alicyclic amines) is 1. The van der Waals surface area contributed by atoms with Crippen LogP contribution in [0.15, 0.2) is 36.1 Å². The fraction of sp³-hybridized carbons (Fsp3) is 0.333. The largest absolute Gasteiger partial charge is 0.515 e. The van der Waals surface area contributed by atoms with Crippen LogP contribution in [0.3, 0.4) is 0 Å². The molecule has 1 aliphatic carbocycles. The third-order valence-corrected chi connectivity index (χ3v) is 3.94. The molecule has 1 aliphatic heterocycles. The Bertz CT molecular complexity index is 608. The van der Waals surface area contributed by atoms with Crippen LogP contribution >= 0.6 is 0 Å². The number of amides is 2. The summed E-state index contributed by atoms with van der Waals surface area (Å²) in [5.41, 5.74) is 2.33. The molecule has 1 saturated heterocycles. The summed E-state index contributed by atoms with van der Waals surface area (Å²) in [4.78, 5) is 25.4. The SMILES string of the molecule is CCOC(=O)N1C(=O)/C(=C\O)C2Cc3ccccc3C21. The third-order valence-electron chi connectivity index (χ3n) is 3.94. The van der Waals surface area contributed by atoms with E-state index < -0.39 is 12.0 Å². The van der Waals surface area contributed by atoms with Gasteiger partial charge in [-0.1, -0.05) is 24.3 Å². The maximum Gasteiger partial charge on any atom is 0.417 e. The van der Waals surface area contributed by atoms with Crippen LogP contribution < -0.4 is 0 Å². The summed E-state index contributed by atoms with van der Waals surface area (Å²) >= 11 is 0. The number of benzene rings is 1. The van der Waals surface area contributed by atoms with Crippen molar-refractivity contribution >= 4 is 12.0 Å². The zero-order chi connectivity index (χ0) is 14.3. The second kappa shape index (κ2) is 4.67. The Hall–Kier alpha value is -2.30. The van der Waals surface area contributed by atoms with Gasteiger partial charge in [0.2, 0.25) is 0 Å². The van der Waals surface area contributed by atoms with E-state index in [2.05, 4.69) is 0 Å². The van der Waals surface area contributed by atoms with Crippen molar-refractivity contribution in [3.63, 3.8) is 0 Å². The first-order valence-electron chi connectivity index (χ1n) is 6.61. The molecular weight excluding hydrogens is 258 g/mol. The molecule has 20 heavy (non-hydrogen) atoms. The fourth-order valence-electron chi connectivity index (χ4n) is 3.14. The van der Waals surface area contributed by atoms with Gasteiger partial charge >= 0.3 is 6.09 Å². The average Bonchev–Trinajstić information content (AvgIpc) is 2.92. The molecule has 1 fully saturated rings. The van der Waals surface area contributed by atoms with Crippen molar-refractivity contribution in [3.05, 3.63) is 47.2 Å². The number of carbonyl (C=O) groups excluding carboxylic acids is 2. The quantitative estimate of drug-likeness (QED) is 0.630. The van der Waals surface area contributed by atoms with Crippen LogP contribution in [0.5, 0.6) is 0 Å². The van der Waals surface area contributed by atoms with Gasteiger partial charge in [0.25, 0.3) is 5.91 Å². The van der Waals surface area contributed by atoms with Crippen LogP contribution in [0, 0.1) is 5.92 Å². The molecule has 1 aromatic rings. The normalized spacial score (nSPS) is 25.8. The van der Waals surface area contributed by atoms with Crippen LogP contribution in [0.25, 0.3) is 0 Å².